The monoisotopic (exact) mass is 261 g/mol. The average molecular weight is 261 g/mol. The van der Waals surface area contributed by atoms with Crippen LogP contribution in [0.5, 0.6) is 0 Å². The topological polar surface area (TPSA) is 3.88 Å². The molecule has 0 N–H and O–H groups in total. The van der Waals surface area contributed by atoms with Crippen molar-refractivity contribution in [3.05, 3.63) is 43.2 Å². The molecule has 0 aliphatic heterocycles. The first-order valence-electron chi connectivity index (χ1n) is 3.43. The van der Waals surface area contributed by atoms with Crippen LogP contribution >= 0.6 is 0 Å². The van der Waals surface area contributed by atoms with Crippen LogP contribution in [0.4, 0.5) is 0 Å². The normalized spacial score (nSPS) is 11.4. The highest BCUT2D eigenvalue weighted by Gasteiger charge is 2.03. The molecule has 0 amide bonds. The average Bonchev–Trinajstić information content (AvgIpc) is 2.05. The van der Waals surface area contributed by atoms with Crippen LogP contribution in [0, 0.1) is 0 Å². The molecule has 0 aliphatic carbocycles. The Kier molecular flexibility index (Phi) is 5.11. The molecule has 0 aliphatic rings. The number of allylic oxidation sites excluding steroid dienone is 1. The summed E-state index contributed by atoms with van der Waals surface area (Å²) < 4.78 is 2.10. The molecule has 0 radical (unpaired) electrons. The van der Waals surface area contributed by atoms with Gasteiger partial charge in [-0.3, -0.25) is 0 Å². The number of hydrogen-bond donors (Lipinski definition) is 0. The van der Waals surface area contributed by atoms with Crippen LogP contribution in [0.15, 0.2) is 43.2 Å². The van der Waals surface area contributed by atoms with Gasteiger partial charge in [-0.25, -0.2) is 0 Å². The maximum absolute atomic E-state index is 3.72. The molecule has 1 aromatic heterocycles. The first-order valence-corrected chi connectivity index (χ1v) is 3.43. The van der Waals surface area contributed by atoms with Crippen molar-refractivity contribution in [2.24, 2.45) is 0 Å². The Morgan fingerprint density at radius 2 is 1.82 bits per heavy atom. The number of nitrogens with zero attached hydrogens (tertiary/aromatic N) is 1. The third kappa shape index (κ3) is 3.01. The van der Waals surface area contributed by atoms with Crippen molar-refractivity contribution in [1.29, 1.82) is 0 Å². The van der Waals surface area contributed by atoms with E-state index in [-0.39, 0.29) is 24.0 Å². The molecule has 0 aromatic carbocycles. The van der Waals surface area contributed by atoms with Gasteiger partial charge in [-0.2, -0.15) is 4.57 Å². The number of halogens is 1. The highest BCUT2D eigenvalue weighted by Crippen LogP contribution is 1.92. The van der Waals surface area contributed by atoms with Crippen molar-refractivity contribution in [1.82, 2.24) is 0 Å². The fourth-order valence-corrected chi connectivity index (χ4v) is 0.805. The van der Waals surface area contributed by atoms with E-state index in [1.165, 1.54) is 0 Å². The van der Waals surface area contributed by atoms with Gasteiger partial charge in [0.15, 0.2) is 18.4 Å². The van der Waals surface area contributed by atoms with Crippen molar-refractivity contribution < 1.29 is 28.5 Å². The SMILES string of the molecule is C=CC(C)[n+]1ccccc1.[I-]. The fraction of sp³-hybridized carbons (Fsp3) is 0.222. The molecule has 1 nitrogen and oxygen atoms in total. The molecule has 0 bridgehead atoms. The molecular formula is C9H12IN. The van der Waals surface area contributed by atoms with E-state index < -0.39 is 0 Å². The molecule has 1 atom stereocenters. The van der Waals surface area contributed by atoms with E-state index in [4.69, 9.17) is 0 Å². The van der Waals surface area contributed by atoms with Gasteiger partial charge < -0.3 is 24.0 Å². The van der Waals surface area contributed by atoms with Crippen LogP contribution in [-0.2, 0) is 0 Å². The number of aromatic nitrogens is 1. The zero-order valence-corrected chi connectivity index (χ0v) is 8.73. The minimum absolute atomic E-state index is 0. The van der Waals surface area contributed by atoms with Crippen molar-refractivity contribution in [3.63, 3.8) is 0 Å². The van der Waals surface area contributed by atoms with Gasteiger partial charge in [-0.15, -0.1) is 0 Å². The standard InChI is InChI=1S/C9H12N.HI/c1-3-9(2)10-7-5-4-6-8-10;/h3-9H,1H2,2H3;1H/q+1;/p-1. The zero-order valence-electron chi connectivity index (χ0n) is 6.57. The third-order valence-electron chi connectivity index (χ3n) is 1.55. The summed E-state index contributed by atoms with van der Waals surface area (Å²) in [7, 11) is 0. The molecule has 11 heavy (non-hydrogen) atoms. The van der Waals surface area contributed by atoms with Gasteiger partial charge in [-0.1, -0.05) is 12.6 Å². The lowest BCUT2D eigenvalue weighted by Crippen LogP contribution is -3.00. The second kappa shape index (κ2) is 5.29. The number of hydrogen-bond acceptors (Lipinski definition) is 0. The summed E-state index contributed by atoms with van der Waals surface area (Å²) in [6.07, 6.45) is 5.98. The highest BCUT2D eigenvalue weighted by atomic mass is 127. The van der Waals surface area contributed by atoms with Crippen LogP contribution in [0.2, 0.25) is 0 Å². The van der Waals surface area contributed by atoms with Gasteiger partial charge in [0, 0.05) is 19.1 Å². The maximum Gasteiger partial charge on any atom is 0.173 e. The Hall–Kier alpha value is -0.380. The van der Waals surface area contributed by atoms with Crippen molar-refractivity contribution >= 4 is 0 Å². The predicted octanol–water partition coefficient (Wildman–Crippen LogP) is -1.27. The van der Waals surface area contributed by atoms with Crippen LogP contribution in [-0.4, -0.2) is 0 Å². The Balaban J connectivity index is 0.000001000. The van der Waals surface area contributed by atoms with Crippen LogP contribution in [0.3, 0.4) is 0 Å². The zero-order chi connectivity index (χ0) is 7.40. The van der Waals surface area contributed by atoms with Gasteiger partial charge in [0.25, 0.3) is 0 Å². The van der Waals surface area contributed by atoms with Gasteiger partial charge in [-0.05, 0) is 6.08 Å². The first kappa shape index (κ1) is 10.6. The lowest BCUT2D eigenvalue weighted by atomic mass is 10.3. The van der Waals surface area contributed by atoms with E-state index in [0.717, 1.165) is 0 Å². The van der Waals surface area contributed by atoms with Crippen molar-refractivity contribution in [3.8, 4) is 0 Å². The minimum atomic E-state index is 0. The molecule has 0 fully saturated rings. The van der Waals surface area contributed by atoms with E-state index in [9.17, 15) is 0 Å². The van der Waals surface area contributed by atoms with Crippen molar-refractivity contribution in [2.45, 2.75) is 13.0 Å². The Labute approximate surface area is 84.8 Å². The van der Waals surface area contributed by atoms with E-state index in [1.807, 2.05) is 36.7 Å². The predicted molar refractivity (Wildman–Crippen MR) is 41.5 cm³/mol. The number of rotatable bonds is 2. The maximum atomic E-state index is 3.72. The van der Waals surface area contributed by atoms with Gasteiger partial charge >= 0.3 is 0 Å². The first-order chi connectivity index (χ1) is 4.84. The number of pyridine rings is 1. The lowest BCUT2D eigenvalue weighted by Gasteiger charge is -1.97. The third-order valence-corrected chi connectivity index (χ3v) is 1.55. The summed E-state index contributed by atoms with van der Waals surface area (Å²) in [5.41, 5.74) is 0. The van der Waals surface area contributed by atoms with E-state index in [0.29, 0.717) is 6.04 Å². The van der Waals surface area contributed by atoms with Gasteiger partial charge in [0.2, 0.25) is 0 Å². The molecule has 2 heteroatoms. The van der Waals surface area contributed by atoms with Crippen LogP contribution in [0.25, 0.3) is 0 Å². The Bertz CT molecular complexity index is 208. The second-order valence-electron chi connectivity index (χ2n) is 2.30. The molecule has 0 saturated heterocycles. The molecule has 60 valence electrons. The Morgan fingerprint density at radius 1 is 1.27 bits per heavy atom. The molecule has 1 rings (SSSR count). The largest absolute Gasteiger partial charge is 1.00 e. The van der Waals surface area contributed by atoms with Crippen LogP contribution < -0.4 is 28.5 Å². The molecule has 0 saturated carbocycles. The van der Waals surface area contributed by atoms with E-state index in [2.05, 4.69) is 18.1 Å². The quantitative estimate of drug-likeness (QED) is 0.355. The van der Waals surface area contributed by atoms with E-state index >= 15 is 0 Å². The highest BCUT2D eigenvalue weighted by molar-refractivity contribution is 4.85. The minimum Gasteiger partial charge on any atom is -1.00 e. The molecule has 1 unspecified atom stereocenters. The van der Waals surface area contributed by atoms with Crippen molar-refractivity contribution in [2.75, 3.05) is 0 Å². The molecule has 0 spiro atoms. The fourth-order valence-electron chi connectivity index (χ4n) is 0.805. The summed E-state index contributed by atoms with van der Waals surface area (Å²) in [6.45, 7) is 5.82. The summed E-state index contributed by atoms with van der Waals surface area (Å²) in [5, 5.41) is 0. The van der Waals surface area contributed by atoms with Gasteiger partial charge in [0.05, 0.1) is 0 Å². The summed E-state index contributed by atoms with van der Waals surface area (Å²) in [6, 6.07) is 6.42. The van der Waals surface area contributed by atoms with Crippen LogP contribution in [0.1, 0.15) is 13.0 Å². The summed E-state index contributed by atoms with van der Waals surface area (Å²) in [5.74, 6) is 0. The summed E-state index contributed by atoms with van der Waals surface area (Å²) in [4.78, 5) is 0. The summed E-state index contributed by atoms with van der Waals surface area (Å²) >= 11 is 0. The second-order valence-corrected chi connectivity index (χ2v) is 2.30. The molecule has 1 aromatic rings. The molecular weight excluding hydrogens is 249 g/mol. The Morgan fingerprint density at radius 3 is 2.27 bits per heavy atom. The lowest BCUT2D eigenvalue weighted by molar-refractivity contribution is -0.708. The molecule has 1 heterocycles. The van der Waals surface area contributed by atoms with Gasteiger partial charge in [0.1, 0.15) is 0 Å². The van der Waals surface area contributed by atoms with E-state index in [1.54, 1.807) is 0 Å². The smallest absolute Gasteiger partial charge is 0.173 e.